The van der Waals surface area contributed by atoms with Crippen LogP contribution in [0.15, 0.2) is 12.4 Å². The van der Waals surface area contributed by atoms with Crippen LogP contribution in [-0.2, 0) is 4.74 Å². The fraction of sp³-hybridized carbons (Fsp3) is 0.500. The molecule has 1 N–H and O–H groups in total. The van der Waals surface area contributed by atoms with Gasteiger partial charge in [-0.1, -0.05) is 5.46 Å². The second kappa shape index (κ2) is 3.73. The van der Waals surface area contributed by atoms with Gasteiger partial charge < -0.3 is 4.74 Å². The second-order valence-corrected chi connectivity index (χ2v) is 3.83. The number of hydrogen-bond donors (Lipinski definition) is 1. The lowest BCUT2D eigenvalue weighted by atomic mass is 10.0. The van der Waals surface area contributed by atoms with Gasteiger partial charge in [-0.2, -0.15) is 9.89 Å². The standard InChI is InChI=1S/C8H12BN3O2/c1-8(2,3)14-7(13)11-12-5-6(9)4-10-12/h4-5H,1-3H3,(H,11,13). The van der Waals surface area contributed by atoms with Crippen molar-refractivity contribution in [2.45, 2.75) is 26.4 Å². The summed E-state index contributed by atoms with van der Waals surface area (Å²) >= 11 is 0. The molecule has 0 aliphatic rings. The molecule has 1 heterocycles. The van der Waals surface area contributed by atoms with E-state index in [1.165, 1.54) is 17.2 Å². The summed E-state index contributed by atoms with van der Waals surface area (Å²) in [4.78, 5) is 12.4. The van der Waals surface area contributed by atoms with E-state index in [1.807, 2.05) is 0 Å². The lowest BCUT2D eigenvalue weighted by Crippen LogP contribution is -2.31. The van der Waals surface area contributed by atoms with Gasteiger partial charge in [-0.25, -0.2) is 10.2 Å². The van der Waals surface area contributed by atoms with Crippen LogP contribution in [0.3, 0.4) is 0 Å². The van der Waals surface area contributed by atoms with Gasteiger partial charge >= 0.3 is 6.09 Å². The number of carbonyl (C=O) groups excluding carboxylic acids is 1. The molecule has 1 aromatic heterocycles. The third-order valence-corrected chi connectivity index (χ3v) is 1.21. The van der Waals surface area contributed by atoms with Gasteiger partial charge in [0.1, 0.15) is 13.4 Å². The topological polar surface area (TPSA) is 56.2 Å². The third kappa shape index (κ3) is 3.51. The molecule has 0 atom stereocenters. The van der Waals surface area contributed by atoms with Crippen molar-refractivity contribution >= 4 is 19.4 Å². The highest BCUT2D eigenvalue weighted by Crippen LogP contribution is 2.06. The predicted molar refractivity (Wildman–Crippen MR) is 53.2 cm³/mol. The third-order valence-electron chi connectivity index (χ3n) is 1.21. The minimum Gasteiger partial charge on any atom is -0.443 e. The van der Waals surface area contributed by atoms with Gasteiger partial charge in [-0.05, 0) is 20.8 Å². The van der Waals surface area contributed by atoms with Crippen LogP contribution in [0.25, 0.3) is 0 Å². The van der Waals surface area contributed by atoms with Crippen molar-refractivity contribution in [1.82, 2.24) is 9.89 Å². The molecule has 0 aliphatic carbocycles. The number of aromatic nitrogens is 2. The Hall–Kier alpha value is -1.46. The van der Waals surface area contributed by atoms with Crippen LogP contribution in [0.2, 0.25) is 0 Å². The van der Waals surface area contributed by atoms with E-state index in [9.17, 15) is 4.79 Å². The molecular weight excluding hydrogens is 181 g/mol. The molecule has 6 heteroatoms. The number of ether oxygens (including phenoxy) is 1. The van der Waals surface area contributed by atoms with Crippen molar-refractivity contribution < 1.29 is 9.53 Å². The first-order chi connectivity index (χ1) is 6.37. The number of hydrogen-bond acceptors (Lipinski definition) is 3. The summed E-state index contributed by atoms with van der Waals surface area (Å²) in [7, 11) is 5.41. The smallest absolute Gasteiger partial charge is 0.428 e. The monoisotopic (exact) mass is 193 g/mol. The Balaban J connectivity index is 2.50. The largest absolute Gasteiger partial charge is 0.443 e. The van der Waals surface area contributed by atoms with E-state index in [4.69, 9.17) is 12.6 Å². The Morgan fingerprint density at radius 2 is 2.29 bits per heavy atom. The number of nitrogens with zero attached hydrogens (tertiary/aromatic N) is 2. The van der Waals surface area contributed by atoms with Crippen LogP contribution in [0.5, 0.6) is 0 Å². The molecular formula is C8H12BN3O2. The first kappa shape index (κ1) is 10.6. The maximum absolute atomic E-state index is 11.2. The highest BCUT2D eigenvalue weighted by atomic mass is 16.6. The number of rotatable bonds is 1. The number of nitrogens with one attached hydrogen (secondary N) is 1. The van der Waals surface area contributed by atoms with Gasteiger partial charge in [0, 0.05) is 12.4 Å². The maximum Gasteiger partial charge on any atom is 0.428 e. The Kier molecular flexibility index (Phi) is 2.83. The fourth-order valence-corrected chi connectivity index (χ4v) is 0.792. The Morgan fingerprint density at radius 1 is 1.64 bits per heavy atom. The predicted octanol–water partition coefficient (Wildman–Crippen LogP) is 0.155. The Morgan fingerprint density at radius 3 is 2.71 bits per heavy atom. The van der Waals surface area contributed by atoms with E-state index in [2.05, 4.69) is 10.5 Å². The van der Waals surface area contributed by atoms with Crippen molar-refractivity contribution in [3.8, 4) is 0 Å². The van der Waals surface area contributed by atoms with Crippen LogP contribution >= 0.6 is 0 Å². The number of amides is 1. The van der Waals surface area contributed by atoms with E-state index < -0.39 is 11.7 Å². The maximum atomic E-state index is 11.2. The lowest BCUT2D eigenvalue weighted by molar-refractivity contribution is 0.0609. The minimum atomic E-state index is -0.569. The molecule has 0 fully saturated rings. The summed E-state index contributed by atoms with van der Waals surface area (Å²) in [5.41, 5.74) is 2.33. The van der Waals surface area contributed by atoms with Crippen molar-refractivity contribution in [2.75, 3.05) is 5.43 Å². The SMILES string of the molecule is [B]c1cnn(NC(=O)OC(C)(C)C)c1. The zero-order valence-electron chi connectivity index (χ0n) is 8.44. The minimum absolute atomic E-state index is 0.473. The first-order valence-corrected chi connectivity index (χ1v) is 4.17. The summed E-state index contributed by atoms with van der Waals surface area (Å²) in [6.45, 7) is 5.35. The molecule has 2 radical (unpaired) electrons. The van der Waals surface area contributed by atoms with Crippen LogP contribution in [-0.4, -0.2) is 29.4 Å². The normalized spacial score (nSPS) is 11.1. The summed E-state index contributed by atoms with van der Waals surface area (Å²) in [6.07, 6.45) is 2.34. The van der Waals surface area contributed by atoms with Crippen molar-refractivity contribution in [1.29, 1.82) is 0 Å². The van der Waals surface area contributed by atoms with Crippen LogP contribution in [0.1, 0.15) is 20.8 Å². The van der Waals surface area contributed by atoms with Gasteiger partial charge in [0.25, 0.3) is 0 Å². The van der Waals surface area contributed by atoms with Crippen molar-refractivity contribution in [2.24, 2.45) is 0 Å². The van der Waals surface area contributed by atoms with Crippen molar-refractivity contribution in [3.05, 3.63) is 12.4 Å². The van der Waals surface area contributed by atoms with E-state index >= 15 is 0 Å². The van der Waals surface area contributed by atoms with Gasteiger partial charge in [0.2, 0.25) is 0 Å². The summed E-state index contributed by atoms with van der Waals surface area (Å²) in [5.74, 6) is 0. The molecule has 74 valence electrons. The molecule has 0 aromatic carbocycles. The molecule has 14 heavy (non-hydrogen) atoms. The van der Waals surface area contributed by atoms with Crippen LogP contribution in [0.4, 0.5) is 4.79 Å². The van der Waals surface area contributed by atoms with E-state index in [-0.39, 0.29) is 0 Å². The number of carbonyl (C=O) groups is 1. The van der Waals surface area contributed by atoms with Gasteiger partial charge in [0.05, 0.1) is 0 Å². The van der Waals surface area contributed by atoms with E-state index in [0.717, 1.165) is 0 Å². The molecule has 0 aliphatic heterocycles. The Bertz CT molecular complexity index is 330. The van der Waals surface area contributed by atoms with E-state index in [0.29, 0.717) is 5.46 Å². The average molecular weight is 193 g/mol. The zero-order valence-corrected chi connectivity index (χ0v) is 8.44. The van der Waals surface area contributed by atoms with Crippen molar-refractivity contribution in [3.63, 3.8) is 0 Å². The quantitative estimate of drug-likeness (QED) is 0.646. The first-order valence-electron chi connectivity index (χ1n) is 4.17. The molecule has 5 nitrogen and oxygen atoms in total. The molecule has 0 unspecified atom stereocenters. The van der Waals surface area contributed by atoms with Crippen LogP contribution < -0.4 is 10.9 Å². The highest BCUT2D eigenvalue weighted by Gasteiger charge is 2.16. The molecule has 0 saturated heterocycles. The van der Waals surface area contributed by atoms with Gasteiger partial charge in [-0.3, -0.25) is 0 Å². The van der Waals surface area contributed by atoms with Crippen LogP contribution in [0, 0.1) is 0 Å². The van der Waals surface area contributed by atoms with Gasteiger partial charge in [0.15, 0.2) is 0 Å². The second-order valence-electron chi connectivity index (χ2n) is 3.83. The summed E-state index contributed by atoms with van der Waals surface area (Å²) in [6, 6.07) is 0. The highest BCUT2D eigenvalue weighted by molar-refractivity contribution is 6.31. The molecule has 0 saturated carbocycles. The Labute approximate surface area is 83.8 Å². The molecule has 1 aromatic rings. The molecule has 0 spiro atoms. The summed E-state index contributed by atoms with van der Waals surface area (Å²) in [5, 5.41) is 3.77. The zero-order chi connectivity index (χ0) is 10.8. The lowest BCUT2D eigenvalue weighted by Gasteiger charge is -2.19. The fourth-order valence-electron chi connectivity index (χ4n) is 0.792. The molecule has 0 bridgehead atoms. The average Bonchev–Trinajstić information content (AvgIpc) is 2.30. The van der Waals surface area contributed by atoms with E-state index in [1.54, 1.807) is 20.8 Å². The molecule has 1 amide bonds. The van der Waals surface area contributed by atoms with Gasteiger partial charge in [-0.15, -0.1) is 0 Å². The summed E-state index contributed by atoms with van der Waals surface area (Å²) < 4.78 is 5.00. The molecule has 1 rings (SSSR count).